The van der Waals surface area contributed by atoms with E-state index in [0.29, 0.717) is 37.2 Å². The lowest BCUT2D eigenvalue weighted by Gasteiger charge is -2.63. The molecule has 2 heterocycles. The van der Waals surface area contributed by atoms with Crippen molar-refractivity contribution in [3.63, 3.8) is 0 Å². The lowest BCUT2D eigenvalue weighted by molar-refractivity contribution is -0.234. The number of aliphatic hydroxyl groups excluding tert-OH is 3. The third-order valence-corrected chi connectivity index (χ3v) is 21.4. The summed E-state index contributed by atoms with van der Waals surface area (Å²) < 4.78 is 5.93. The number of aromatic nitrogens is 1. The highest BCUT2D eigenvalue weighted by atomic mass is 16.5. The molecule has 13 N–H and O–H groups in total. The number of allylic oxidation sites excluding steroid dienone is 3. The van der Waals surface area contributed by atoms with E-state index < -0.39 is 93.0 Å². The molecular formula is C56H79N5O11. The van der Waals surface area contributed by atoms with Gasteiger partial charge in [0.1, 0.15) is 5.78 Å². The predicted molar refractivity (Wildman–Crippen MR) is 265 cm³/mol. The van der Waals surface area contributed by atoms with Gasteiger partial charge in [-0.2, -0.15) is 0 Å². The summed E-state index contributed by atoms with van der Waals surface area (Å²) in [5.74, 6) is 1.21. The number of rotatable bonds is 9. The van der Waals surface area contributed by atoms with E-state index in [9.17, 15) is 45.3 Å². The highest BCUT2D eigenvalue weighted by Crippen LogP contribution is 2.74. The van der Waals surface area contributed by atoms with E-state index in [1.165, 1.54) is 12.5 Å². The molecule has 0 radical (unpaired) electrons. The van der Waals surface area contributed by atoms with Crippen LogP contribution in [0.1, 0.15) is 135 Å². The van der Waals surface area contributed by atoms with Crippen molar-refractivity contribution in [2.45, 2.75) is 165 Å². The topological polar surface area (TPSA) is 294 Å². The predicted octanol–water partition coefficient (Wildman–Crippen LogP) is 3.23. The molecule has 16 heteroatoms. The standard InChI is InChI=1S/C56H79N5O11/c1-29-8-9-31-10-11-37-35(48(66)67)24-55(70)16-15-53(37,39(31)20-29)22-32(36-28-72-49(68)43(36)34-13-18-59-27-34)6-5-7-33-23-56(71)44-38(12-14-54(56,17-19-60-50(57)58)47(33)52(55,4)69)51(3)25-42(64)41(63)21-40(51)46(65)45(44)61-26-30(2)62/h10,13,18,27,29,32-33,35-43,47-48,59,61,63-64,66-67,69-71H,7-9,11-12,14-17,19-26,28H2,1-4H3,(H4,57,58,60). The molecule has 0 aromatic carbocycles. The number of esters is 1. The number of carbonyl (C=O) groups is 3. The number of ketones is 2. The molecule has 72 heavy (non-hydrogen) atoms. The maximum absolute atomic E-state index is 15.2. The van der Waals surface area contributed by atoms with Gasteiger partial charge in [0.25, 0.3) is 0 Å². The van der Waals surface area contributed by atoms with E-state index in [4.69, 9.17) is 16.2 Å². The SMILES string of the molecule is CC(=O)CNC1=C2C(CCC3(CCN=C(N)N)C4C(CC#CC(C5COC(=O)C5c5cc[nH]c5)CC56CCC(O)(CC(C(O)O)C5CC=C5CCC(C)CC56)C4(C)O)CC23O)C2(C)CC(O)C(O)CC2C1=O. The van der Waals surface area contributed by atoms with Crippen LogP contribution in [0.2, 0.25) is 0 Å². The van der Waals surface area contributed by atoms with Crippen LogP contribution in [0.15, 0.2) is 46.4 Å². The zero-order valence-corrected chi connectivity index (χ0v) is 42.5. The lowest BCUT2D eigenvalue weighted by atomic mass is 9.43. The van der Waals surface area contributed by atoms with E-state index in [-0.39, 0.29) is 118 Å². The first-order valence-corrected chi connectivity index (χ1v) is 27.0. The number of nitrogens with one attached hydrogen (secondary N) is 2. The Morgan fingerprint density at radius 1 is 1.00 bits per heavy atom. The largest absolute Gasteiger partial charge is 0.465 e. The zero-order chi connectivity index (χ0) is 51.5. The van der Waals surface area contributed by atoms with Crippen molar-refractivity contribution in [2.24, 2.45) is 91.9 Å². The minimum absolute atomic E-state index is 0.00304. The van der Waals surface area contributed by atoms with Crippen LogP contribution in [-0.4, -0.2) is 119 Å². The second-order valence-corrected chi connectivity index (χ2v) is 24.9. The summed E-state index contributed by atoms with van der Waals surface area (Å²) in [5, 5.41) is 91.5. The average Bonchev–Trinajstić information content (AvgIpc) is 4.02. The number of nitrogens with two attached hydrogens (primary N) is 2. The number of Topliss-reactive ketones (excluding diaryl/α,β-unsaturated/α-hetero) is 2. The van der Waals surface area contributed by atoms with Crippen molar-refractivity contribution < 1.29 is 54.9 Å². The Hall–Kier alpha value is -4.08. The second-order valence-electron chi connectivity index (χ2n) is 24.9. The third kappa shape index (κ3) is 7.78. The van der Waals surface area contributed by atoms with Gasteiger partial charge in [0.05, 0.1) is 53.8 Å². The smallest absolute Gasteiger partial charge is 0.313 e. The average molecular weight is 998 g/mol. The molecule has 6 fully saturated rings. The first kappa shape index (κ1) is 51.4. The molecule has 1 spiro atoms. The van der Waals surface area contributed by atoms with Gasteiger partial charge < -0.3 is 62.3 Å². The summed E-state index contributed by atoms with van der Waals surface area (Å²) in [7, 11) is 0. The van der Waals surface area contributed by atoms with Crippen molar-refractivity contribution in [3.05, 3.63) is 46.9 Å². The summed E-state index contributed by atoms with van der Waals surface area (Å²) in [6, 6.07) is 1.90. The van der Waals surface area contributed by atoms with Gasteiger partial charge in [-0.1, -0.05) is 31.4 Å². The Morgan fingerprint density at radius 2 is 1.78 bits per heavy atom. The van der Waals surface area contributed by atoms with Crippen molar-refractivity contribution in [1.82, 2.24) is 10.3 Å². The molecule has 5 saturated carbocycles. The second kappa shape index (κ2) is 18.3. The van der Waals surface area contributed by atoms with Crippen LogP contribution in [-0.2, 0) is 19.1 Å². The number of aliphatic hydroxyl groups is 7. The van der Waals surface area contributed by atoms with E-state index in [0.717, 1.165) is 24.8 Å². The van der Waals surface area contributed by atoms with Crippen LogP contribution < -0.4 is 16.8 Å². The summed E-state index contributed by atoms with van der Waals surface area (Å²) in [6.07, 6.45) is 7.01. The van der Waals surface area contributed by atoms with Gasteiger partial charge in [0.15, 0.2) is 18.0 Å². The fraction of sp³-hybridized carbons (Fsp3) is 0.750. The third-order valence-electron chi connectivity index (χ3n) is 21.4. The molecule has 19 atom stereocenters. The quantitative estimate of drug-likeness (QED) is 0.0423. The molecule has 1 aliphatic heterocycles. The van der Waals surface area contributed by atoms with Crippen molar-refractivity contribution in [3.8, 4) is 11.8 Å². The molecule has 2 bridgehead atoms. The minimum atomic E-state index is -2.04. The lowest BCUT2D eigenvalue weighted by Crippen LogP contribution is -2.67. The molecule has 16 nitrogen and oxygen atoms in total. The van der Waals surface area contributed by atoms with Crippen LogP contribution >= 0.6 is 0 Å². The van der Waals surface area contributed by atoms with Crippen molar-refractivity contribution in [1.29, 1.82) is 0 Å². The van der Waals surface area contributed by atoms with E-state index in [1.54, 1.807) is 13.1 Å². The highest BCUT2D eigenvalue weighted by Gasteiger charge is 2.76. The van der Waals surface area contributed by atoms with Crippen LogP contribution in [0.5, 0.6) is 0 Å². The molecule has 19 unspecified atom stereocenters. The van der Waals surface area contributed by atoms with Gasteiger partial charge in [-0.25, -0.2) is 0 Å². The summed E-state index contributed by atoms with van der Waals surface area (Å²) in [4.78, 5) is 49.4. The minimum Gasteiger partial charge on any atom is -0.465 e. The normalized spacial score (nSPS) is 46.6. The Morgan fingerprint density at radius 3 is 2.49 bits per heavy atom. The number of ether oxygens (including phenoxy) is 1. The Bertz CT molecular complexity index is 2470. The Labute approximate surface area is 422 Å². The zero-order valence-electron chi connectivity index (χ0n) is 42.5. The fourth-order valence-electron chi connectivity index (χ4n) is 18.2. The number of aromatic amines is 1. The number of guanidine groups is 1. The van der Waals surface area contributed by atoms with Gasteiger partial charge in [0.2, 0.25) is 0 Å². The number of fused-ring (bicyclic) bond motifs is 10. The Kier molecular flexibility index (Phi) is 13.1. The molecule has 0 amide bonds. The van der Waals surface area contributed by atoms with Gasteiger partial charge in [-0.3, -0.25) is 19.4 Å². The maximum atomic E-state index is 15.2. The molecule has 8 aliphatic carbocycles. The number of H-pyrrole nitrogens is 1. The van der Waals surface area contributed by atoms with Crippen molar-refractivity contribution in [2.75, 3.05) is 19.7 Å². The summed E-state index contributed by atoms with van der Waals surface area (Å²) >= 11 is 0. The van der Waals surface area contributed by atoms with Crippen LogP contribution in [0, 0.1) is 87.3 Å². The van der Waals surface area contributed by atoms with Gasteiger partial charge in [-0.05, 0) is 161 Å². The Balaban J connectivity index is 1.20. The van der Waals surface area contributed by atoms with E-state index >= 15 is 4.79 Å². The maximum Gasteiger partial charge on any atom is 0.313 e. The van der Waals surface area contributed by atoms with Crippen molar-refractivity contribution >= 4 is 23.5 Å². The molecular weight excluding hydrogens is 919 g/mol. The highest BCUT2D eigenvalue weighted by molar-refractivity contribution is 6.00. The molecule has 1 aromatic rings. The van der Waals surface area contributed by atoms with Crippen LogP contribution in [0.3, 0.4) is 0 Å². The summed E-state index contributed by atoms with van der Waals surface area (Å²) in [5.41, 5.74) is 5.82. The molecule has 1 saturated heterocycles. The molecule has 9 aliphatic rings. The first-order valence-electron chi connectivity index (χ1n) is 27.0. The first-order chi connectivity index (χ1) is 34.0. The monoisotopic (exact) mass is 998 g/mol. The summed E-state index contributed by atoms with van der Waals surface area (Å²) in [6.45, 7) is 7.23. The van der Waals surface area contributed by atoms with E-state index in [1.807, 2.05) is 19.2 Å². The van der Waals surface area contributed by atoms with E-state index in [2.05, 4.69) is 40.1 Å². The van der Waals surface area contributed by atoms with Gasteiger partial charge in [0, 0.05) is 60.4 Å². The number of aliphatic imine (C=N–C) groups is 1. The fourth-order valence-corrected chi connectivity index (χ4v) is 18.2. The molecule has 394 valence electrons. The number of cyclic esters (lactones) is 1. The van der Waals surface area contributed by atoms with Gasteiger partial charge in [-0.15, -0.1) is 5.92 Å². The number of nitrogens with zero attached hydrogens (tertiary/aromatic N) is 1. The molecule has 1 aromatic heterocycles. The van der Waals surface area contributed by atoms with Crippen LogP contribution in [0.25, 0.3) is 0 Å². The molecule has 10 rings (SSSR count). The number of hydrogen-bond acceptors (Lipinski definition) is 13. The number of hydrogen-bond donors (Lipinski definition) is 11. The van der Waals surface area contributed by atoms with Gasteiger partial charge >= 0.3 is 5.97 Å². The number of carbonyl (C=O) groups excluding carboxylic acids is 3. The van der Waals surface area contributed by atoms with Crippen LogP contribution in [0.4, 0.5) is 0 Å².